The number of hydrogen-bond acceptors (Lipinski definition) is 3. The van der Waals surface area contributed by atoms with E-state index in [1.165, 1.54) is 24.3 Å². The molecule has 8 heteroatoms. The summed E-state index contributed by atoms with van der Waals surface area (Å²) in [5, 5.41) is 2.49. The number of nitrogens with one attached hydrogen (secondary N) is 1. The van der Waals surface area contributed by atoms with Gasteiger partial charge in [-0.25, -0.2) is 17.2 Å². The summed E-state index contributed by atoms with van der Waals surface area (Å²) in [6.07, 6.45) is -0.0569. The molecule has 0 saturated heterocycles. The number of carbonyl (C=O) groups excluding carboxylic acids is 1. The monoisotopic (exact) mass is 352 g/mol. The molecule has 5 nitrogen and oxygen atoms in total. The average molecular weight is 352 g/mol. The van der Waals surface area contributed by atoms with Crippen LogP contribution in [-0.2, 0) is 20.6 Å². The lowest BCUT2D eigenvalue weighted by Crippen LogP contribution is -2.33. The van der Waals surface area contributed by atoms with Gasteiger partial charge in [0.1, 0.15) is 11.6 Å². The van der Waals surface area contributed by atoms with Gasteiger partial charge in [-0.05, 0) is 35.9 Å². The molecule has 2 aromatic carbocycles. The van der Waals surface area contributed by atoms with Crippen molar-refractivity contribution in [1.82, 2.24) is 0 Å². The largest absolute Gasteiger partial charge is 0.324 e. The van der Waals surface area contributed by atoms with E-state index >= 15 is 0 Å². The summed E-state index contributed by atoms with van der Waals surface area (Å²) in [5.41, 5.74) is 0.584. The Kier molecular flexibility index (Phi) is 4.23. The highest BCUT2D eigenvalue weighted by molar-refractivity contribution is 7.92. The van der Waals surface area contributed by atoms with E-state index in [4.69, 9.17) is 0 Å². The average Bonchev–Trinajstić information content (AvgIpc) is 2.64. The van der Waals surface area contributed by atoms with E-state index in [0.29, 0.717) is 5.56 Å². The number of benzene rings is 2. The molecule has 1 aliphatic heterocycles. The first-order valence-corrected chi connectivity index (χ1v) is 8.80. The summed E-state index contributed by atoms with van der Waals surface area (Å²) in [4.78, 5) is 11.7. The van der Waals surface area contributed by atoms with Gasteiger partial charge in [0.25, 0.3) is 0 Å². The molecule has 126 valence electrons. The summed E-state index contributed by atoms with van der Waals surface area (Å²) in [6.45, 7) is -0.0673. The summed E-state index contributed by atoms with van der Waals surface area (Å²) in [6, 6.07) is 8.81. The predicted molar refractivity (Wildman–Crippen MR) is 86.0 cm³/mol. The van der Waals surface area contributed by atoms with E-state index in [1.807, 2.05) is 0 Å². The third-order valence-electron chi connectivity index (χ3n) is 3.62. The first-order chi connectivity index (χ1) is 11.3. The van der Waals surface area contributed by atoms with Crippen LogP contribution in [-0.4, -0.2) is 20.9 Å². The minimum absolute atomic E-state index is 0.0569. The molecule has 24 heavy (non-hydrogen) atoms. The van der Waals surface area contributed by atoms with E-state index < -0.39 is 33.3 Å². The Balaban J connectivity index is 2.00. The van der Waals surface area contributed by atoms with Crippen LogP contribution in [0.25, 0.3) is 0 Å². The van der Waals surface area contributed by atoms with Crippen LogP contribution in [0.1, 0.15) is 12.0 Å². The number of anilines is 2. The van der Waals surface area contributed by atoms with Crippen LogP contribution in [0.4, 0.5) is 20.2 Å². The second kappa shape index (κ2) is 6.20. The van der Waals surface area contributed by atoms with Crippen molar-refractivity contribution < 1.29 is 22.0 Å². The number of fused-ring (bicyclic) bond motifs is 1. The zero-order valence-electron chi connectivity index (χ0n) is 12.5. The fraction of sp³-hybridized carbons (Fsp3) is 0.188. The minimum atomic E-state index is -3.87. The molecule has 2 aromatic rings. The number of nitrogens with zero attached hydrogens (tertiary/aromatic N) is 1. The molecule has 0 bridgehead atoms. The maximum Gasteiger partial charge on any atom is 0.239 e. The lowest BCUT2D eigenvalue weighted by molar-refractivity contribution is -0.115. The Morgan fingerprint density at radius 3 is 2.58 bits per heavy atom. The third kappa shape index (κ3) is 3.38. The van der Waals surface area contributed by atoms with E-state index in [2.05, 4.69) is 5.32 Å². The fourth-order valence-electron chi connectivity index (χ4n) is 2.57. The van der Waals surface area contributed by atoms with Crippen molar-refractivity contribution in [3.8, 4) is 0 Å². The normalized spacial score (nSPS) is 14.8. The highest BCUT2D eigenvalue weighted by atomic mass is 32.2. The molecule has 0 fully saturated rings. The van der Waals surface area contributed by atoms with Crippen molar-refractivity contribution in [2.24, 2.45) is 0 Å². The SMILES string of the molecule is O=C1CCN(S(=O)(=O)Cc2cccc(F)c2)c2ccc(F)cc2N1. The number of amides is 1. The summed E-state index contributed by atoms with van der Waals surface area (Å²) in [7, 11) is -3.87. The number of rotatable bonds is 3. The molecule has 0 radical (unpaired) electrons. The quantitative estimate of drug-likeness (QED) is 0.923. The molecule has 1 amide bonds. The van der Waals surface area contributed by atoms with Crippen LogP contribution in [0.15, 0.2) is 42.5 Å². The van der Waals surface area contributed by atoms with Gasteiger partial charge in [-0.1, -0.05) is 12.1 Å². The first-order valence-electron chi connectivity index (χ1n) is 7.19. The van der Waals surface area contributed by atoms with Gasteiger partial charge < -0.3 is 5.32 Å². The fourth-order valence-corrected chi connectivity index (χ4v) is 4.15. The lowest BCUT2D eigenvalue weighted by Gasteiger charge is -2.23. The van der Waals surface area contributed by atoms with Crippen LogP contribution in [0.5, 0.6) is 0 Å². The van der Waals surface area contributed by atoms with E-state index in [-0.39, 0.29) is 24.3 Å². The first kappa shape index (κ1) is 16.4. The zero-order valence-corrected chi connectivity index (χ0v) is 13.3. The molecule has 0 spiro atoms. The van der Waals surface area contributed by atoms with Crippen molar-refractivity contribution >= 4 is 27.3 Å². The molecule has 1 aliphatic rings. The number of hydrogen-bond donors (Lipinski definition) is 1. The molecule has 3 rings (SSSR count). The van der Waals surface area contributed by atoms with Crippen molar-refractivity contribution in [3.63, 3.8) is 0 Å². The molecule has 0 saturated carbocycles. The van der Waals surface area contributed by atoms with Crippen LogP contribution in [0, 0.1) is 11.6 Å². The van der Waals surface area contributed by atoms with Gasteiger partial charge in [0.15, 0.2) is 0 Å². The second-order valence-corrected chi connectivity index (χ2v) is 7.31. The van der Waals surface area contributed by atoms with Crippen LogP contribution in [0.2, 0.25) is 0 Å². The maximum atomic E-state index is 13.4. The van der Waals surface area contributed by atoms with Gasteiger partial charge in [-0.15, -0.1) is 0 Å². The van der Waals surface area contributed by atoms with Gasteiger partial charge >= 0.3 is 0 Å². The third-order valence-corrected chi connectivity index (χ3v) is 5.37. The van der Waals surface area contributed by atoms with Gasteiger partial charge in [-0.3, -0.25) is 9.10 Å². The molecule has 0 aliphatic carbocycles. The van der Waals surface area contributed by atoms with Crippen molar-refractivity contribution in [3.05, 3.63) is 59.7 Å². The number of sulfonamides is 1. The van der Waals surface area contributed by atoms with Crippen LogP contribution < -0.4 is 9.62 Å². The molecular formula is C16H14F2N2O3S. The lowest BCUT2D eigenvalue weighted by atomic mass is 10.2. The summed E-state index contributed by atoms with van der Waals surface area (Å²) < 4.78 is 53.2. The maximum absolute atomic E-state index is 13.4. The number of carbonyl (C=O) groups is 1. The molecule has 1 heterocycles. The summed E-state index contributed by atoms with van der Waals surface area (Å²) >= 11 is 0. The van der Waals surface area contributed by atoms with E-state index in [9.17, 15) is 22.0 Å². The molecule has 0 atom stereocenters. The van der Waals surface area contributed by atoms with Gasteiger partial charge in [-0.2, -0.15) is 0 Å². The smallest absolute Gasteiger partial charge is 0.239 e. The standard InChI is InChI=1S/C16H14F2N2O3S/c17-12-3-1-2-11(8-12)10-24(22,23)20-7-6-16(21)19-14-9-13(18)4-5-15(14)20/h1-5,8-9H,6-7,10H2,(H,19,21). The summed E-state index contributed by atoms with van der Waals surface area (Å²) in [5.74, 6) is -1.93. The van der Waals surface area contributed by atoms with Gasteiger partial charge in [0, 0.05) is 13.0 Å². The Labute approximate surface area is 138 Å². The molecular weight excluding hydrogens is 338 g/mol. The van der Waals surface area contributed by atoms with Crippen LogP contribution in [0.3, 0.4) is 0 Å². The topological polar surface area (TPSA) is 66.5 Å². The van der Waals surface area contributed by atoms with Crippen LogP contribution >= 0.6 is 0 Å². The van der Waals surface area contributed by atoms with E-state index in [1.54, 1.807) is 0 Å². The Bertz CT molecular complexity index is 900. The number of halogens is 2. The second-order valence-electron chi connectivity index (χ2n) is 5.42. The highest BCUT2D eigenvalue weighted by Crippen LogP contribution is 2.32. The zero-order chi connectivity index (χ0) is 17.3. The Morgan fingerprint density at radius 2 is 1.83 bits per heavy atom. The van der Waals surface area contributed by atoms with Gasteiger partial charge in [0.05, 0.1) is 17.1 Å². The molecule has 0 unspecified atom stereocenters. The molecule has 1 N–H and O–H groups in total. The minimum Gasteiger partial charge on any atom is -0.324 e. The van der Waals surface area contributed by atoms with Crippen molar-refractivity contribution in [1.29, 1.82) is 0 Å². The van der Waals surface area contributed by atoms with E-state index in [0.717, 1.165) is 22.5 Å². The highest BCUT2D eigenvalue weighted by Gasteiger charge is 2.29. The van der Waals surface area contributed by atoms with Gasteiger partial charge in [0.2, 0.25) is 15.9 Å². The van der Waals surface area contributed by atoms with Crippen molar-refractivity contribution in [2.45, 2.75) is 12.2 Å². The Morgan fingerprint density at radius 1 is 1.08 bits per heavy atom. The predicted octanol–water partition coefficient (Wildman–Crippen LogP) is 2.64. The van der Waals surface area contributed by atoms with Crippen molar-refractivity contribution in [2.75, 3.05) is 16.2 Å². The Hall–Kier alpha value is -2.48. The molecule has 0 aromatic heterocycles.